The molecule has 0 aliphatic rings. The number of nitrogens with one attached hydrogen (secondary N) is 1. The van der Waals surface area contributed by atoms with E-state index in [1.807, 2.05) is 32.0 Å². The topological polar surface area (TPSA) is 63.5 Å². The normalized spacial score (nSPS) is 11.7. The largest absolute Gasteiger partial charge is 0.493 e. The highest BCUT2D eigenvalue weighted by Crippen LogP contribution is 2.30. The number of nitrogens with zero attached hydrogens (tertiary/aromatic N) is 1. The molecule has 0 aliphatic heterocycles. The summed E-state index contributed by atoms with van der Waals surface area (Å²) in [5.74, 6) is 1.34. The van der Waals surface area contributed by atoms with Crippen LogP contribution in [0.3, 0.4) is 0 Å². The summed E-state index contributed by atoms with van der Waals surface area (Å²) in [5, 5.41) is 12.5. The van der Waals surface area contributed by atoms with Crippen LogP contribution in [0.1, 0.15) is 31.9 Å². The summed E-state index contributed by atoms with van der Waals surface area (Å²) in [6, 6.07) is 7.46. The maximum atomic E-state index is 9.31. The summed E-state index contributed by atoms with van der Waals surface area (Å²) in [6.45, 7) is 6.59. The van der Waals surface area contributed by atoms with Crippen molar-refractivity contribution < 1.29 is 14.2 Å². The number of hydrogen-bond donors (Lipinski definition) is 1. The molecule has 1 N–H and O–H groups in total. The zero-order valence-corrected chi connectivity index (χ0v) is 13.0. The quantitative estimate of drug-likeness (QED) is 0.672. The molecule has 0 aromatic heterocycles. The smallest absolute Gasteiger partial charge is 0.161 e. The number of nitriles is 1. The van der Waals surface area contributed by atoms with Crippen molar-refractivity contribution in [3.8, 4) is 17.6 Å². The number of hydrogen-bond acceptors (Lipinski definition) is 5. The number of rotatable bonds is 10. The molecule has 0 heterocycles. The molecule has 0 spiro atoms. The lowest BCUT2D eigenvalue weighted by molar-refractivity contribution is 0.144. The first-order chi connectivity index (χ1) is 10.3. The van der Waals surface area contributed by atoms with Crippen LogP contribution in [0.5, 0.6) is 11.5 Å². The van der Waals surface area contributed by atoms with Crippen molar-refractivity contribution in [1.29, 1.82) is 5.26 Å². The Labute approximate surface area is 126 Å². The van der Waals surface area contributed by atoms with Crippen LogP contribution in [0.4, 0.5) is 0 Å². The molecular weight excluding hydrogens is 268 g/mol. The molecule has 1 aromatic rings. The number of benzene rings is 1. The third-order valence-electron chi connectivity index (χ3n) is 2.97. The predicted molar refractivity (Wildman–Crippen MR) is 81.6 cm³/mol. The molecule has 1 unspecified atom stereocenters. The summed E-state index contributed by atoms with van der Waals surface area (Å²) < 4.78 is 16.1. The standard InChI is InChI=1S/C16H24N2O3/c1-4-20-10-6-9-18-14(12-17)13-7-8-15(19-3)16(11-13)21-5-2/h7-8,11,14,18H,4-6,9-10H2,1-3H3. The van der Waals surface area contributed by atoms with Crippen molar-refractivity contribution >= 4 is 0 Å². The lowest BCUT2D eigenvalue weighted by Gasteiger charge is -2.15. The van der Waals surface area contributed by atoms with E-state index in [2.05, 4.69) is 11.4 Å². The molecule has 0 aliphatic carbocycles. The van der Waals surface area contributed by atoms with E-state index in [0.29, 0.717) is 24.7 Å². The average molecular weight is 292 g/mol. The molecular formula is C16H24N2O3. The van der Waals surface area contributed by atoms with E-state index in [0.717, 1.165) is 25.1 Å². The zero-order chi connectivity index (χ0) is 15.5. The van der Waals surface area contributed by atoms with E-state index < -0.39 is 0 Å². The minimum atomic E-state index is -0.364. The van der Waals surface area contributed by atoms with Gasteiger partial charge < -0.3 is 14.2 Å². The highest BCUT2D eigenvalue weighted by Gasteiger charge is 2.13. The third-order valence-corrected chi connectivity index (χ3v) is 2.97. The van der Waals surface area contributed by atoms with Gasteiger partial charge in [-0.2, -0.15) is 5.26 Å². The van der Waals surface area contributed by atoms with Crippen molar-refractivity contribution in [1.82, 2.24) is 5.32 Å². The van der Waals surface area contributed by atoms with Gasteiger partial charge in [-0.15, -0.1) is 0 Å². The Morgan fingerprint density at radius 3 is 2.67 bits per heavy atom. The Balaban J connectivity index is 2.67. The molecule has 5 nitrogen and oxygen atoms in total. The Morgan fingerprint density at radius 1 is 1.24 bits per heavy atom. The minimum absolute atomic E-state index is 0.364. The SMILES string of the molecule is CCOCCCNC(C#N)c1ccc(OC)c(OCC)c1. The van der Waals surface area contributed by atoms with Crippen molar-refractivity contribution in [3.05, 3.63) is 23.8 Å². The molecule has 5 heteroatoms. The Kier molecular flexibility index (Phi) is 8.25. The van der Waals surface area contributed by atoms with Gasteiger partial charge in [0.2, 0.25) is 0 Å². The van der Waals surface area contributed by atoms with Gasteiger partial charge in [0.15, 0.2) is 11.5 Å². The molecule has 1 rings (SSSR count). The Morgan fingerprint density at radius 2 is 2.05 bits per heavy atom. The third kappa shape index (κ3) is 5.62. The van der Waals surface area contributed by atoms with Gasteiger partial charge in [-0.05, 0) is 44.5 Å². The Hall–Kier alpha value is -1.77. The van der Waals surface area contributed by atoms with Crippen LogP contribution in [0, 0.1) is 11.3 Å². The van der Waals surface area contributed by atoms with Crippen molar-refractivity contribution in [3.63, 3.8) is 0 Å². The van der Waals surface area contributed by atoms with E-state index in [4.69, 9.17) is 14.2 Å². The van der Waals surface area contributed by atoms with Gasteiger partial charge >= 0.3 is 0 Å². The maximum Gasteiger partial charge on any atom is 0.161 e. The van der Waals surface area contributed by atoms with Crippen molar-refractivity contribution in [2.45, 2.75) is 26.3 Å². The van der Waals surface area contributed by atoms with Crippen LogP contribution in [-0.2, 0) is 4.74 Å². The van der Waals surface area contributed by atoms with Gasteiger partial charge in [0.25, 0.3) is 0 Å². The monoisotopic (exact) mass is 292 g/mol. The van der Waals surface area contributed by atoms with Crippen LogP contribution in [0.2, 0.25) is 0 Å². The fourth-order valence-corrected chi connectivity index (χ4v) is 1.94. The summed E-state index contributed by atoms with van der Waals surface area (Å²) in [7, 11) is 1.60. The molecule has 1 aromatic carbocycles. The molecule has 0 saturated heterocycles. The summed E-state index contributed by atoms with van der Waals surface area (Å²) >= 11 is 0. The average Bonchev–Trinajstić information content (AvgIpc) is 2.51. The first kappa shape index (κ1) is 17.3. The Bertz CT molecular complexity index is 457. The molecule has 21 heavy (non-hydrogen) atoms. The van der Waals surface area contributed by atoms with Gasteiger partial charge in [0.05, 0.1) is 19.8 Å². The number of ether oxygens (including phenoxy) is 3. The first-order valence-corrected chi connectivity index (χ1v) is 7.28. The van der Waals surface area contributed by atoms with Gasteiger partial charge in [0.1, 0.15) is 6.04 Å². The molecule has 0 bridgehead atoms. The second-order valence-electron chi connectivity index (χ2n) is 4.41. The van der Waals surface area contributed by atoms with Crippen LogP contribution in [-0.4, -0.2) is 33.5 Å². The van der Waals surface area contributed by atoms with E-state index in [9.17, 15) is 5.26 Å². The summed E-state index contributed by atoms with van der Waals surface area (Å²) in [5.41, 5.74) is 0.873. The molecule has 0 amide bonds. The van der Waals surface area contributed by atoms with E-state index in [1.165, 1.54) is 0 Å². The summed E-state index contributed by atoms with van der Waals surface area (Å²) in [4.78, 5) is 0. The van der Waals surface area contributed by atoms with Gasteiger partial charge in [0, 0.05) is 13.2 Å². The second kappa shape index (κ2) is 10.0. The zero-order valence-electron chi connectivity index (χ0n) is 13.0. The fourth-order valence-electron chi connectivity index (χ4n) is 1.94. The van der Waals surface area contributed by atoms with Gasteiger partial charge in [-0.25, -0.2) is 0 Å². The lowest BCUT2D eigenvalue weighted by Crippen LogP contribution is -2.22. The van der Waals surface area contributed by atoms with Crippen LogP contribution >= 0.6 is 0 Å². The van der Waals surface area contributed by atoms with E-state index in [1.54, 1.807) is 7.11 Å². The van der Waals surface area contributed by atoms with Gasteiger partial charge in [-0.1, -0.05) is 6.07 Å². The van der Waals surface area contributed by atoms with Crippen LogP contribution < -0.4 is 14.8 Å². The fraction of sp³-hybridized carbons (Fsp3) is 0.562. The maximum absolute atomic E-state index is 9.31. The second-order valence-corrected chi connectivity index (χ2v) is 4.41. The van der Waals surface area contributed by atoms with E-state index >= 15 is 0 Å². The lowest BCUT2D eigenvalue weighted by atomic mass is 10.1. The van der Waals surface area contributed by atoms with E-state index in [-0.39, 0.29) is 6.04 Å². The van der Waals surface area contributed by atoms with Crippen LogP contribution in [0.15, 0.2) is 18.2 Å². The molecule has 1 atom stereocenters. The number of methoxy groups -OCH3 is 1. The van der Waals surface area contributed by atoms with Gasteiger partial charge in [-0.3, -0.25) is 5.32 Å². The molecule has 116 valence electrons. The highest BCUT2D eigenvalue weighted by atomic mass is 16.5. The molecule has 0 saturated carbocycles. The summed E-state index contributed by atoms with van der Waals surface area (Å²) in [6.07, 6.45) is 0.875. The first-order valence-electron chi connectivity index (χ1n) is 7.28. The van der Waals surface area contributed by atoms with Crippen molar-refractivity contribution in [2.24, 2.45) is 0 Å². The molecule has 0 radical (unpaired) electrons. The molecule has 0 fully saturated rings. The van der Waals surface area contributed by atoms with Crippen molar-refractivity contribution in [2.75, 3.05) is 33.5 Å². The highest BCUT2D eigenvalue weighted by molar-refractivity contribution is 5.44. The predicted octanol–water partition coefficient (Wildman–Crippen LogP) is 2.67. The van der Waals surface area contributed by atoms with Crippen LogP contribution in [0.25, 0.3) is 0 Å². The minimum Gasteiger partial charge on any atom is -0.493 e.